The number of thiazole rings is 1. The molecule has 162 valence electrons. The Hall–Kier alpha value is -2.94. The summed E-state index contributed by atoms with van der Waals surface area (Å²) in [5, 5.41) is 3.01. The van der Waals surface area contributed by atoms with Gasteiger partial charge in [-0.25, -0.2) is 9.97 Å². The van der Waals surface area contributed by atoms with Gasteiger partial charge in [0.15, 0.2) is 0 Å². The predicted octanol–water partition coefficient (Wildman–Crippen LogP) is 2.37. The normalized spacial score (nSPS) is 23.4. The molecular formula is C22H25N5O3S. The van der Waals surface area contributed by atoms with E-state index in [0.717, 1.165) is 16.4 Å². The highest BCUT2D eigenvalue weighted by Crippen LogP contribution is 2.49. The van der Waals surface area contributed by atoms with Crippen molar-refractivity contribution in [2.45, 2.75) is 32.2 Å². The number of rotatable bonds is 5. The molecule has 0 saturated carbocycles. The van der Waals surface area contributed by atoms with Gasteiger partial charge < -0.3 is 18.8 Å². The van der Waals surface area contributed by atoms with Crippen molar-refractivity contribution in [3.63, 3.8) is 0 Å². The van der Waals surface area contributed by atoms with Crippen molar-refractivity contribution in [3.8, 4) is 0 Å². The Bertz CT molecular complexity index is 1100. The van der Waals surface area contributed by atoms with Gasteiger partial charge in [-0.15, -0.1) is 11.3 Å². The zero-order valence-electron chi connectivity index (χ0n) is 17.7. The minimum atomic E-state index is -0.641. The monoisotopic (exact) mass is 439 g/mol. The number of amides is 2. The Kier molecular flexibility index (Phi) is 4.92. The molecule has 0 N–H and O–H groups in total. The first-order valence-electron chi connectivity index (χ1n) is 10.4. The molecule has 2 amide bonds. The quantitative estimate of drug-likeness (QED) is 0.609. The van der Waals surface area contributed by atoms with E-state index >= 15 is 0 Å². The van der Waals surface area contributed by atoms with E-state index in [1.165, 1.54) is 0 Å². The molecule has 9 heteroatoms. The summed E-state index contributed by atoms with van der Waals surface area (Å²) in [6.45, 7) is 4.06. The molecule has 2 aliphatic rings. The highest BCUT2D eigenvalue weighted by atomic mass is 32.1. The average Bonchev–Trinajstić information content (AvgIpc) is 3.54. The predicted molar refractivity (Wildman–Crippen MR) is 114 cm³/mol. The van der Waals surface area contributed by atoms with Crippen LogP contribution in [0.1, 0.15) is 34.5 Å². The van der Waals surface area contributed by atoms with Crippen molar-refractivity contribution >= 4 is 23.2 Å². The number of hydrogen-bond donors (Lipinski definition) is 0. The van der Waals surface area contributed by atoms with Crippen molar-refractivity contribution in [1.82, 2.24) is 24.3 Å². The SMILES string of the molecule is Cc1nc(CN2CC[C@@]3(CN(C(=O)Cc4ccco4)C[C@H]3c3cn(C)cn3)C2=O)cs1. The molecule has 0 unspecified atom stereocenters. The maximum Gasteiger partial charge on any atom is 0.231 e. The molecule has 2 fully saturated rings. The summed E-state index contributed by atoms with van der Waals surface area (Å²) in [7, 11) is 1.92. The van der Waals surface area contributed by atoms with Gasteiger partial charge >= 0.3 is 0 Å². The van der Waals surface area contributed by atoms with Crippen LogP contribution in [-0.2, 0) is 29.6 Å². The molecule has 5 heterocycles. The summed E-state index contributed by atoms with van der Waals surface area (Å²) < 4.78 is 7.25. The van der Waals surface area contributed by atoms with Gasteiger partial charge in [-0.3, -0.25) is 9.59 Å². The summed E-state index contributed by atoms with van der Waals surface area (Å²) in [6, 6.07) is 3.58. The summed E-state index contributed by atoms with van der Waals surface area (Å²) in [6.07, 6.45) is 6.20. The van der Waals surface area contributed by atoms with Gasteiger partial charge in [0.1, 0.15) is 5.76 Å². The second kappa shape index (κ2) is 7.64. The van der Waals surface area contributed by atoms with Gasteiger partial charge in [-0.2, -0.15) is 0 Å². The lowest BCUT2D eigenvalue weighted by atomic mass is 9.75. The Morgan fingerprint density at radius 2 is 2.29 bits per heavy atom. The molecule has 2 saturated heterocycles. The third kappa shape index (κ3) is 3.56. The molecule has 0 bridgehead atoms. The lowest BCUT2D eigenvalue weighted by Crippen LogP contribution is -2.40. The van der Waals surface area contributed by atoms with Crippen LogP contribution in [-0.4, -0.2) is 55.8 Å². The highest BCUT2D eigenvalue weighted by Gasteiger charge is 2.58. The number of hydrogen-bond acceptors (Lipinski definition) is 6. The van der Waals surface area contributed by atoms with Gasteiger partial charge in [-0.1, -0.05) is 0 Å². The van der Waals surface area contributed by atoms with Gasteiger partial charge in [0.25, 0.3) is 0 Å². The summed E-state index contributed by atoms with van der Waals surface area (Å²) in [5.74, 6) is 0.596. The first-order chi connectivity index (χ1) is 14.9. The molecule has 2 atom stereocenters. The van der Waals surface area contributed by atoms with Gasteiger partial charge in [-0.05, 0) is 25.5 Å². The second-order valence-corrected chi connectivity index (χ2v) is 9.60. The number of carbonyl (C=O) groups is 2. The fraction of sp³-hybridized carbons (Fsp3) is 0.455. The van der Waals surface area contributed by atoms with Gasteiger partial charge in [0.2, 0.25) is 11.8 Å². The van der Waals surface area contributed by atoms with Crippen LogP contribution in [0.5, 0.6) is 0 Å². The third-order valence-electron chi connectivity index (χ3n) is 6.44. The number of imidazole rings is 1. The van der Waals surface area contributed by atoms with Gasteiger partial charge in [0.05, 0.1) is 47.4 Å². The molecule has 3 aromatic heterocycles. The number of carbonyl (C=O) groups excluding carboxylic acids is 2. The van der Waals surface area contributed by atoms with Crippen molar-refractivity contribution in [1.29, 1.82) is 0 Å². The molecule has 0 aromatic carbocycles. The summed E-state index contributed by atoms with van der Waals surface area (Å²) >= 11 is 1.60. The first-order valence-corrected chi connectivity index (χ1v) is 11.3. The highest BCUT2D eigenvalue weighted by molar-refractivity contribution is 7.09. The number of aromatic nitrogens is 3. The lowest BCUT2D eigenvalue weighted by molar-refractivity contribution is -0.137. The maximum atomic E-state index is 13.7. The van der Waals surface area contributed by atoms with Crippen LogP contribution in [0.15, 0.2) is 40.7 Å². The summed E-state index contributed by atoms with van der Waals surface area (Å²) in [5.41, 5.74) is 1.15. The standard InChI is InChI=1S/C22H25N5O3S/c1-15-24-16(12-31-15)9-26-6-5-22(21(26)29)13-27(20(28)8-17-4-3-7-30-17)10-18(22)19-11-25(2)14-23-19/h3-4,7,11-12,14,18H,5-6,8-10,13H2,1-2H3/t18-,22-/m0/s1. The van der Waals surface area contributed by atoms with Crippen LogP contribution in [0.3, 0.4) is 0 Å². The Balaban J connectivity index is 1.41. The summed E-state index contributed by atoms with van der Waals surface area (Å²) in [4.78, 5) is 39.5. The fourth-order valence-electron chi connectivity index (χ4n) is 4.92. The van der Waals surface area contributed by atoms with Crippen LogP contribution in [0.25, 0.3) is 0 Å². The Morgan fingerprint density at radius 3 is 2.97 bits per heavy atom. The van der Waals surface area contributed by atoms with Crippen molar-refractivity contribution < 1.29 is 14.0 Å². The zero-order chi connectivity index (χ0) is 21.6. The first kappa shape index (κ1) is 20.0. The second-order valence-electron chi connectivity index (χ2n) is 8.54. The van der Waals surface area contributed by atoms with Crippen LogP contribution < -0.4 is 0 Å². The van der Waals surface area contributed by atoms with Crippen molar-refractivity contribution in [2.24, 2.45) is 12.5 Å². The number of likely N-dealkylation sites (tertiary alicyclic amines) is 2. The molecule has 5 rings (SSSR count). The van der Waals surface area contributed by atoms with E-state index in [-0.39, 0.29) is 24.2 Å². The van der Waals surface area contributed by atoms with E-state index in [0.29, 0.717) is 38.4 Å². The topological polar surface area (TPSA) is 84.5 Å². The molecule has 31 heavy (non-hydrogen) atoms. The maximum absolute atomic E-state index is 13.7. The smallest absolute Gasteiger partial charge is 0.231 e. The Morgan fingerprint density at radius 1 is 1.42 bits per heavy atom. The molecular weight excluding hydrogens is 414 g/mol. The molecule has 3 aromatic rings. The van der Waals surface area contributed by atoms with Crippen LogP contribution in [0, 0.1) is 12.3 Å². The van der Waals surface area contributed by atoms with E-state index in [2.05, 4.69) is 9.97 Å². The molecule has 0 radical (unpaired) electrons. The van der Waals surface area contributed by atoms with Crippen molar-refractivity contribution in [2.75, 3.05) is 19.6 Å². The molecule has 2 aliphatic heterocycles. The molecule has 0 aliphatic carbocycles. The Labute approximate surface area is 184 Å². The lowest BCUT2D eigenvalue weighted by Gasteiger charge is -2.27. The molecule has 1 spiro atoms. The third-order valence-corrected chi connectivity index (χ3v) is 7.27. The minimum Gasteiger partial charge on any atom is -0.469 e. The van der Waals surface area contributed by atoms with E-state index in [4.69, 9.17) is 4.42 Å². The van der Waals surface area contributed by atoms with Crippen LogP contribution >= 0.6 is 11.3 Å². The van der Waals surface area contributed by atoms with Crippen LogP contribution in [0.2, 0.25) is 0 Å². The van der Waals surface area contributed by atoms with Gasteiger partial charge in [0, 0.05) is 44.2 Å². The molecule has 8 nitrogen and oxygen atoms in total. The van der Waals surface area contributed by atoms with E-state index in [9.17, 15) is 9.59 Å². The fourth-order valence-corrected chi connectivity index (χ4v) is 5.52. The van der Waals surface area contributed by atoms with E-state index in [1.54, 1.807) is 36.1 Å². The van der Waals surface area contributed by atoms with Crippen molar-refractivity contribution in [3.05, 3.63) is 58.5 Å². The van der Waals surface area contributed by atoms with Crippen LogP contribution in [0.4, 0.5) is 0 Å². The zero-order valence-corrected chi connectivity index (χ0v) is 18.5. The van der Waals surface area contributed by atoms with E-state index < -0.39 is 5.41 Å². The number of furan rings is 1. The number of aryl methyl sites for hydroxylation is 2. The largest absolute Gasteiger partial charge is 0.469 e. The number of nitrogens with zero attached hydrogens (tertiary/aromatic N) is 5. The average molecular weight is 440 g/mol. The minimum absolute atomic E-state index is 0.0193. The van der Waals surface area contributed by atoms with E-state index in [1.807, 2.05) is 39.9 Å².